The molecule has 0 aromatic heterocycles. The van der Waals surface area contributed by atoms with Crippen molar-refractivity contribution in [3.05, 3.63) is 0 Å². The maximum absolute atomic E-state index is 11.2. The lowest BCUT2D eigenvalue weighted by molar-refractivity contribution is -0.142. The van der Waals surface area contributed by atoms with Crippen molar-refractivity contribution in [2.45, 2.75) is 18.3 Å². The Labute approximate surface area is 112 Å². The van der Waals surface area contributed by atoms with Crippen LogP contribution in [0.4, 0.5) is 0 Å². The molecule has 0 aromatic carbocycles. The molecular weight excluding hydrogens is 326 g/mol. The molecule has 0 radical (unpaired) electrons. The van der Waals surface area contributed by atoms with Gasteiger partial charge in [0.05, 0.1) is 6.61 Å². The molecule has 7 N–H and O–H groups in total. The van der Waals surface area contributed by atoms with E-state index >= 15 is 0 Å². The lowest BCUT2D eigenvalue weighted by Crippen LogP contribution is -2.45. The number of phosphoric ester groups is 2. The third kappa shape index (κ3) is 8.84. The highest BCUT2D eigenvalue weighted by Gasteiger charge is 2.32. The fourth-order valence-corrected chi connectivity index (χ4v) is 1.55. The van der Waals surface area contributed by atoms with Crippen molar-refractivity contribution in [3.8, 4) is 0 Å². The molecule has 120 valence electrons. The number of ketones is 1. The molecule has 0 saturated carbocycles. The number of aliphatic hydroxyl groups is 3. The van der Waals surface area contributed by atoms with Crippen molar-refractivity contribution < 1.29 is 57.9 Å². The molecule has 0 aromatic rings. The van der Waals surface area contributed by atoms with Crippen molar-refractivity contribution in [1.29, 1.82) is 0 Å². The average molecular weight is 340 g/mol. The quantitative estimate of drug-likeness (QED) is 0.207. The van der Waals surface area contributed by atoms with E-state index in [2.05, 4.69) is 9.05 Å². The Kier molecular flexibility index (Phi) is 7.60. The summed E-state index contributed by atoms with van der Waals surface area (Å²) in [5, 5.41) is 27.7. The molecule has 0 rings (SSSR count). The normalized spacial score (nSPS) is 17.6. The van der Waals surface area contributed by atoms with Gasteiger partial charge in [-0.25, -0.2) is 9.13 Å². The van der Waals surface area contributed by atoms with Crippen molar-refractivity contribution in [2.75, 3.05) is 13.2 Å². The minimum absolute atomic E-state index is 1.09. The number of aliphatic hydroxyl groups excluding tert-OH is 3. The first-order chi connectivity index (χ1) is 8.83. The van der Waals surface area contributed by atoms with Gasteiger partial charge in [0, 0.05) is 0 Å². The number of hydrogen-bond acceptors (Lipinski definition) is 8. The summed E-state index contributed by atoms with van der Waals surface area (Å²) in [6, 6.07) is 0. The minimum atomic E-state index is -4.95. The van der Waals surface area contributed by atoms with Crippen LogP contribution in [0.25, 0.3) is 0 Å². The second kappa shape index (κ2) is 7.69. The molecule has 0 aliphatic heterocycles. The molecule has 0 saturated heterocycles. The number of carbonyl (C=O) groups is 1. The van der Waals surface area contributed by atoms with Crippen LogP contribution in [0, 0.1) is 0 Å². The minimum Gasteiger partial charge on any atom is -0.388 e. The Hall–Kier alpha value is -0.230. The highest BCUT2D eigenvalue weighted by atomic mass is 31.2. The summed E-state index contributed by atoms with van der Waals surface area (Å²) in [5.74, 6) is -1.36. The van der Waals surface area contributed by atoms with E-state index in [-0.39, 0.29) is 0 Å². The summed E-state index contributed by atoms with van der Waals surface area (Å²) >= 11 is 0. The van der Waals surface area contributed by atoms with Gasteiger partial charge in [-0.3, -0.25) is 13.8 Å². The van der Waals surface area contributed by atoms with Gasteiger partial charge in [-0.15, -0.1) is 0 Å². The van der Waals surface area contributed by atoms with Crippen LogP contribution in [0.5, 0.6) is 0 Å². The Morgan fingerprint density at radius 2 is 1.40 bits per heavy atom. The highest BCUT2D eigenvalue weighted by Crippen LogP contribution is 2.36. The van der Waals surface area contributed by atoms with Gasteiger partial charge < -0.3 is 34.9 Å². The fourth-order valence-electron chi connectivity index (χ4n) is 0.906. The first-order valence-electron chi connectivity index (χ1n) is 4.80. The van der Waals surface area contributed by atoms with Gasteiger partial charge in [0.15, 0.2) is 5.78 Å². The molecule has 0 heterocycles. The topological polar surface area (TPSA) is 211 Å². The SMILES string of the molecule is O=C(COP(=O)(O)O)[C@@H](O)[C@@H](O)[C@H](O)COP(=O)(O)O. The van der Waals surface area contributed by atoms with Gasteiger partial charge in [0.25, 0.3) is 0 Å². The first-order valence-corrected chi connectivity index (χ1v) is 7.86. The van der Waals surface area contributed by atoms with E-state index < -0.39 is 53.0 Å². The maximum atomic E-state index is 11.2. The molecule has 0 bridgehead atoms. The standard InChI is InChI=1S/C6H14O12P2/c7-3(1-17-19(11,12)13)5(9)6(10)4(8)2-18-20(14,15)16/h3,5-7,9-10H,1-2H2,(H2,11,12,13)(H2,14,15,16)/t3-,5+,6-/m1/s1. The van der Waals surface area contributed by atoms with E-state index in [9.17, 15) is 29.2 Å². The van der Waals surface area contributed by atoms with Gasteiger partial charge >= 0.3 is 15.6 Å². The Balaban J connectivity index is 4.38. The van der Waals surface area contributed by atoms with Crippen LogP contribution in [-0.4, -0.2) is 72.2 Å². The predicted octanol–water partition coefficient (Wildman–Crippen LogP) is -3.14. The lowest BCUT2D eigenvalue weighted by atomic mass is 10.1. The third-order valence-corrected chi connectivity index (χ3v) is 2.79. The molecule has 3 atom stereocenters. The second-order valence-corrected chi connectivity index (χ2v) is 6.00. The summed E-state index contributed by atoms with van der Waals surface area (Å²) in [7, 11) is -9.87. The monoisotopic (exact) mass is 340 g/mol. The summed E-state index contributed by atoms with van der Waals surface area (Å²) < 4.78 is 28.2. The molecule has 20 heavy (non-hydrogen) atoms. The van der Waals surface area contributed by atoms with Crippen LogP contribution in [-0.2, 0) is 23.0 Å². The van der Waals surface area contributed by atoms with Crippen molar-refractivity contribution in [2.24, 2.45) is 0 Å². The van der Waals surface area contributed by atoms with Crippen LogP contribution in [0.15, 0.2) is 0 Å². The third-order valence-electron chi connectivity index (χ3n) is 1.84. The number of hydrogen-bond donors (Lipinski definition) is 7. The molecular formula is C6H14O12P2. The Morgan fingerprint density at radius 1 is 0.950 bits per heavy atom. The van der Waals surface area contributed by atoms with Crippen LogP contribution in [0.1, 0.15) is 0 Å². The zero-order valence-electron chi connectivity index (χ0n) is 9.71. The van der Waals surface area contributed by atoms with Crippen LogP contribution >= 0.6 is 15.6 Å². The van der Waals surface area contributed by atoms with E-state index in [4.69, 9.17) is 19.6 Å². The molecule has 14 heteroatoms. The van der Waals surface area contributed by atoms with Crippen molar-refractivity contribution >= 4 is 21.4 Å². The zero-order valence-corrected chi connectivity index (χ0v) is 11.5. The molecule has 0 amide bonds. The Morgan fingerprint density at radius 3 is 1.80 bits per heavy atom. The lowest BCUT2D eigenvalue weighted by Gasteiger charge is -2.22. The smallest absolute Gasteiger partial charge is 0.388 e. The summed E-state index contributed by atoms with van der Waals surface area (Å²) in [6.07, 6.45) is -6.53. The molecule has 0 aliphatic carbocycles. The predicted molar refractivity (Wildman–Crippen MR) is 59.0 cm³/mol. The van der Waals surface area contributed by atoms with E-state index in [0.29, 0.717) is 0 Å². The number of carbonyl (C=O) groups excluding carboxylic acids is 1. The molecule has 12 nitrogen and oxygen atoms in total. The van der Waals surface area contributed by atoms with E-state index in [1.165, 1.54) is 0 Å². The summed E-state index contributed by atoms with van der Waals surface area (Å²) in [6.45, 7) is -2.33. The van der Waals surface area contributed by atoms with Gasteiger partial charge in [0.2, 0.25) is 0 Å². The molecule has 0 fully saturated rings. The highest BCUT2D eigenvalue weighted by molar-refractivity contribution is 7.46. The van der Waals surface area contributed by atoms with E-state index in [0.717, 1.165) is 0 Å². The van der Waals surface area contributed by atoms with Gasteiger partial charge in [-0.2, -0.15) is 0 Å². The maximum Gasteiger partial charge on any atom is 0.470 e. The average Bonchev–Trinajstić information content (AvgIpc) is 2.29. The van der Waals surface area contributed by atoms with Crippen molar-refractivity contribution in [1.82, 2.24) is 0 Å². The summed E-state index contributed by atoms with van der Waals surface area (Å²) in [4.78, 5) is 44.4. The van der Waals surface area contributed by atoms with Crippen molar-refractivity contribution in [3.63, 3.8) is 0 Å². The van der Waals surface area contributed by atoms with Gasteiger partial charge in [0.1, 0.15) is 24.9 Å². The largest absolute Gasteiger partial charge is 0.470 e. The Bertz CT molecular complexity index is 410. The first kappa shape index (κ1) is 19.8. The number of rotatable bonds is 9. The molecule has 0 unspecified atom stereocenters. The fraction of sp³-hybridized carbons (Fsp3) is 0.833. The van der Waals surface area contributed by atoms with Crippen LogP contribution < -0.4 is 0 Å². The second-order valence-electron chi connectivity index (χ2n) is 3.52. The number of Topliss-reactive ketones (excluding diaryl/α,β-unsaturated/α-hetero) is 1. The number of phosphoric acid groups is 2. The van der Waals surface area contributed by atoms with E-state index in [1.807, 2.05) is 0 Å². The molecule has 0 aliphatic rings. The van der Waals surface area contributed by atoms with Crippen LogP contribution in [0.3, 0.4) is 0 Å². The zero-order chi connectivity index (χ0) is 16.1. The van der Waals surface area contributed by atoms with E-state index in [1.54, 1.807) is 0 Å². The summed E-state index contributed by atoms with van der Waals surface area (Å²) in [5.41, 5.74) is 0. The molecule has 0 spiro atoms. The van der Waals surface area contributed by atoms with Crippen LogP contribution in [0.2, 0.25) is 0 Å². The van der Waals surface area contributed by atoms with Gasteiger partial charge in [-0.1, -0.05) is 0 Å². The van der Waals surface area contributed by atoms with Gasteiger partial charge in [-0.05, 0) is 0 Å².